The standard InChI is InChI=1S/C51H69N11/c1-9-40-29-43-18-13-12-14-19-44-31-45(38(6)53-22-17-23-59-33-41-27-42(28-41)34-59)32-46(52-8)50(44)60(35-54-39(7)48-26-37(5)58-62(48)11-3)24-15-16-25-61-49(56-47(30-40)51(43)61)21-20-36(4)57-55-10-2/h9,15-16,20-21,26,29-32,41-42,53-55H,1,6-8,10-14,17-19,22-25,27-28,33-35H2,2-5H3/b16-15+,21-20+,57-36-. The number of anilines is 1. The number of rotatable bonds is 17. The first-order valence-corrected chi connectivity index (χ1v) is 22.9. The van der Waals surface area contributed by atoms with Crippen LogP contribution < -0.4 is 21.0 Å². The number of benzene rings is 2. The van der Waals surface area contributed by atoms with Gasteiger partial charge in [0.2, 0.25) is 0 Å². The summed E-state index contributed by atoms with van der Waals surface area (Å²) in [6, 6.07) is 11.0. The van der Waals surface area contributed by atoms with Crippen LogP contribution in [0, 0.1) is 18.8 Å². The number of aliphatic imine (C=N–C) groups is 1. The highest BCUT2D eigenvalue weighted by Crippen LogP contribution is 2.40. The number of hydrogen-bond donors (Lipinski definition) is 3. The fraction of sp³-hybridized carbons (Fsp3) is 0.451. The Morgan fingerprint density at radius 1 is 0.935 bits per heavy atom. The monoisotopic (exact) mass is 836 g/mol. The maximum atomic E-state index is 5.17. The molecule has 62 heavy (non-hydrogen) atoms. The van der Waals surface area contributed by atoms with Gasteiger partial charge in [-0.1, -0.05) is 44.4 Å². The Labute approximate surface area is 370 Å². The third kappa shape index (κ3) is 10.7. The number of hydrogen-bond acceptors (Lipinski definition) is 9. The molecule has 1 aliphatic carbocycles. The number of hydrazone groups is 1. The number of nitrogens with zero attached hydrogens (tertiary/aromatic N) is 8. The van der Waals surface area contributed by atoms with E-state index in [1.165, 1.54) is 42.6 Å². The molecule has 328 valence electrons. The van der Waals surface area contributed by atoms with Gasteiger partial charge in [-0.2, -0.15) is 10.2 Å². The Kier molecular flexibility index (Phi) is 15.0. The highest BCUT2D eigenvalue weighted by Gasteiger charge is 2.36. The molecule has 3 N–H and O–H groups in total. The summed E-state index contributed by atoms with van der Waals surface area (Å²) >= 11 is 0. The molecule has 0 spiro atoms. The molecule has 2 aromatic carbocycles. The van der Waals surface area contributed by atoms with E-state index in [1.807, 2.05) is 37.6 Å². The smallest absolute Gasteiger partial charge is 0.134 e. The van der Waals surface area contributed by atoms with E-state index in [2.05, 4.69) is 123 Å². The molecule has 11 heteroatoms. The van der Waals surface area contributed by atoms with Gasteiger partial charge in [-0.3, -0.25) is 9.67 Å². The third-order valence-corrected chi connectivity index (χ3v) is 12.6. The van der Waals surface area contributed by atoms with Gasteiger partial charge in [0.15, 0.2) is 0 Å². The maximum Gasteiger partial charge on any atom is 0.134 e. The predicted molar refractivity (Wildman–Crippen MR) is 263 cm³/mol. The minimum Gasteiger partial charge on any atom is -0.385 e. The average Bonchev–Trinajstić information content (AvgIpc) is 3.84. The van der Waals surface area contributed by atoms with E-state index in [0.717, 1.165) is 139 Å². The fourth-order valence-electron chi connectivity index (χ4n) is 9.52. The number of allylic oxidation sites excluding steroid dienone is 2. The zero-order valence-electron chi connectivity index (χ0n) is 37.9. The number of fused-ring (bicyclic) bond motifs is 3. The van der Waals surface area contributed by atoms with Crippen LogP contribution >= 0.6 is 0 Å². The highest BCUT2D eigenvalue weighted by molar-refractivity contribution is 5.96. The Morgan fingerprint density at radius 3 is 2.45 bits per heavy atom. The first kappa shape index (κ1) is 44.4. The number of nitrogens with one attached hydrogen (secondary N) is 3. The molecule has 0 radical (unpaired) electrons. The van der Waals surface area contributed by atoms with Crippen molar-refractivity contribution in [1.29, 1.82) is 0 Å². The second-order valence-electron chi connectivity index (χ2n) is 17.4. The van der Waals surface area contributed by atoms with Crippen molar-refractivity contribution in [1.82, 2.24) is 40.3 Å². The fourth-order valence-corrected chi connectivity index (χ4v) is 9.52. The molecule has 4 aliphatic rings. The van der Waals surface area contributed by atoms with Gasteiger partial charge in [0.1, 0.15) is 5.82 Å². The van der Waals surface area contributed by atoms with Crippen molar-refractivity contribution in [2.45, 2.75) is 92.2 Å². The number of piperidine rings is 2. The molecule has 2 aromatic heterocycles. The zero-order valence-corrected chi connectivity index (χ0v) is 37.9. The molecule has 0 unspecified atom stereocenters. The molecular formula is C51H69N11. The van der Waals surface area contributed by atoms with Gasteiger partial charge in [0.05, 0.1) is 51.9 Å². The Hall–Kier alpha value is -5.68. The predicted octanol–water partition coefficient (Wildman–Crippen LogP) is 9.38. The van der Waals surface area contributed by atoms with Crippen molar-refractivity contribution in [3.8, 4) is 0 Å². The van der Waals surface area contributed by atoms with E-state index in [9.17, 15) is 0 Å². The molecule has 1 saturated carbocycles. The van der Waals surface area contributed by atoms with Crippen molar-refractivity contribution >= 4 is 58.4 Å². The second kappa shape index (κ2) is 20.9. The topological polar surface area (TPSA) is 103 Å². The Balaban J connectivity index is 1.19. The van der Waals surface area contributed by atoms with E-state index in [4.69, 9.17) is 9.98 Å². The molecule has 3 fully saturated rings. The molecule has 0 atom stereocenters. The zero-order chi connectivity index (χ0) is 43.6. The van der Waals surface area contributed by atoms with Crippen LogP contribution in [0.5, 0.6) is 0 Å². The van der Waals surface area contributed by atoms with Crippen LogP contribution in [-0.4, -0.2) is 82.6 Å². The van der Waals surface area contributed by atoms with Crippen LogP contribution in [0.4, 0.5) is 11.4 Å². The molecule has 3 aliphatic heterocycles. The van der Waals surface area contributed by atoms with Gasteiger partial charge in [-0.05, 0) is 162 Å². The first-order valence-electron chi connectivity index (χ1n) is 22.9. The first-order chi connectivity index (χ1) is 30.2. The molecule has 11 nitrogen and oxygen atoms in total. The Bertz CT molecular complexity index is 2320. The molecule has 0 amide bonds. The van der Waals surface area contributed by atoms with Crippen molar-refractivity contribution in [3.05, 3.63) is 108 Å². The number of aryl methyl sites for hydroxylation is 4. The summed E-state index contributed by atoms with van der Waals surface area (Å²) < 4.78 is 4.34. The van der Waals surface area contributed by atoms with Gasteiger partial charge < -0.3 is 30.4 Å². The lowest BCUT2D eigenvalue weighted by molar-refractivity contribution is 0.0273. The minimum atomic E-state index is 0.518. The summed E-state index contributed by atoms with van der Waals surface area (Å²) in [4.78, 5) is 14.9. The minimum absolute atomic E-state index is 0.518. The van der Waals surface area contributed by atoms with E-state index in [0.29, 0.717) is 19.8 Å². The summed E-state index contributed by atoms with van der Waals surface area (Å²) in [6.45, 7) is 33.4. The highest BCUT2D eigenvalue weighted by atomic mass is 15.3. The van der Waals surface area contributed by atoms with E-state index < -0.39 is 0 Å². The molecule has 2 saturated heterocycles. The normalized spacial score (nSPS) is 19.0. The summed E-state index contributed by atoms with van der Waals surface area (Å²) in [5, 5.41) is 16.5. The lowest BCUT2D eigenvalue weighted by atomic mass is 9.71. The van der Waals surface area contributed by atoms with Crippen LogP contribution in [0.25, 0.3) is 34.6 Å². The van der Waals surface area contributed by atoms with Crippen LogP contribution in [0.1, 0.15) is 98.8 Å². The lowest BCUT2D eigenvalue weighted by Gasteiger charge is -2.47. The van der Waals surface area contributed by atoms with Gasteiger partial charge in [0.25, 0.3) is 0 Å². The van der Waals surface area contributed by atoms with Gasteiger partial charge >= 0.3 is 0 Å². The van der Waals surface area contributed by atoms with Gasteiger partial charge in [-0.25, -0.2) is 4.98 Å². The van der Waals surface area contributed by atoms with Crippen molar-refractivity contribution in [2.75, 3.05) is 50.8 Å². The van der Waals surface area contributed by atoms with E-state index >= 15 is 0 Å². The average molecular weight is 836 g/mol. The largest absolute Gasteiger partial charge is 0.385 e. The SMILES string of the molecule is C=Cc1cc2c3c(c1)nc(/C=C/C(C)=N\NCC)n3C/C=C/CN(CNC(=C)c1cc(C)nn1CC)c1c(cc(C(=C)NCCCN3CC4CC(C4)C3)cc1N=C)CCCCC2. The summed E-state index contributed by atoms with van der Waals surface area (Å²) in [5.41, 5.74) is 16.5. The number of aromatic nitrogens is 4. The van der Waals surface area contributed by atoms with Crippen LogP contribution in [0.15, 0.2) is 78.4 Å². The number of imidazole rings is 1. The lowest BCUT2D eigenvalue weighted by Crippen LogP contribution is -2.48. The van der Waals surface area contributed by atoms with Crippen LogP contribution in [0.2, 0.25) is 0 Å². The van der Waals surface area contributed by atoms with Crippen molar-refractivity contribution in [2.24, 2.45) is 21.9 Å². The van der Waals surface area contributed by atoms with Gasteiger partial charge in [0, 0.05) is 51.5 Å². The molecule has 8 rings (SSSR count). The van der Waals surface area contributed by atoms with Crippen molar-refractivity contribution < 1.29 is 0 Å². The van der Waals surface area contributed by atoms with Crippen LogP contribution in [-0.2, 0) is 25.9 Å². The summed E-state index contributed by atoms with van der Waals surface area (Å²) in [5.74, 6) is 2.76. The quantitative estimate of drug-likeness (QED) is 0.0422. The second-order valence-corrected chi connectivity index (χ2v) is 17.4. The molecule has 5 heterocycles. The molecule has 4 aromatic rings. The molecular weight excluding hydrogens is 767 g/mol. The van der Waals surface area contributed by atoms with E-state index in [-0.39, 0.29) is 0 Å². The maximum absolute atomic E-state index is 5.17. The van der Waals surface area contributed by atoms with E-state index in [1.54, 1.807) is 0 Å². The Morgan fingerprint density at radius 2 is 1.71 bits per heavy atom. The summed E-state index contributed by atoms with van der Waals surface area (Å²) in [6.07, 6.45) is 19.6. The van der Waals surface area contributed by atoms with Gasteiger partial charge in [-0.15, -0.1) is 0 Å². The molecule has 2 bridgehead atoms. The third-order valence-electron chi connectivity index (χ3n) is 12.6. The summed E-state index contributed by atoms with van der Waals surface area (Å²) in [7, 11) is 0. The van der Waals surface area contributed by atoms with Crippen molar-refractivity contribution in [3.63, 3.8) is 0 Å². The van der Waals surface area contributed by atoms with Crippen LogP contribution in [0.3, 0.4) is 0 Å².